The number of nitrogens with one attached hydrogen (secondary N) is 1. The first-order valence-electron chi connectivity index (χ1n) is 6.14. The molecule has 3 rings (SSSR count). The van der Waals surface area contributed by atoms with Gasteiger partial charge in [-0.25, -0.2) is 4.99 Å². The summed E-state index contributed by atoms with van der Waals surface area (Å²) in [5.41, 5.74) is 2.84. The number of hydrogen-bond donors (Lipinski definition) is 1. The van der Waals surface area contributed by atoms with Gasteiger partial charge in [-0.05, 0) is 23.5 Å². The van der Waals surface area contributed by atoms with E-state index in [1.807, 2.05) is 11.8 Å². The highest BCUT2D eigenvalue weighted by Gasteiger charge is 2.50. The van der Waals surface area contributed by atoms with Crippen LogP contribution in [0.5, 0.6) is 0 Å². The molecule has 1 saturated heterocycles. The maximum Gasteiger partial charge on any atom is 0.195 e. The van der Waals surface area contributed by atoms with Gasteiger partial charge in [0.05, 0.1) is 11.2 Å². The smallest absolute Gasteiger partial charge is 0.195 e. The van der Waals surface area contributed by atoms with Gasteiger partial charge in [-0.15, -0.1) is 11.8 Å². The van der Waals surface area contributed by atoms with E-state index in [-0.39, 0.29) is 5.54 Å². The van der Waals surface area contributed by atoms with Gasteiger partial charge >= 0.3 is 0 Å². The molecule has 1 N–H and O–H groups in total. The van der Waals surface area contributed by atoms with Crippen molar-refractivity contribution in [2.45, 2.75) is 31.1 Å². The van der Waals surface area contributed by atoms with Crippen LogP contribution in [0, 0.1) is 5.92 Å². The summed E-state index contributed by atoms with van der Waals surface area (Å²) in [6.07, 6.45) is 1.23. The van der Waals surface area contributed by atoms with Crippen molar-refractivity contribution < 1.29 is 4.99 Å². The molecule has 1 aromatic carbocycles. The molecule has 1 nitrogen and oxygen atoms in total. The lowest BCUT2D eigenvalue weighted by Crippen LogP contribution is -2.90. The van der Waals surface area contributed by atoms with Crippen LogP contribution in [-0.2, 0) is 0 Å². The van der Waals surface area contributed by atoms with Crippen molar-refractivity contribution in [3.8, 4) is 0 Å². The van der Waals surface area contributed by atoms with Crippen LogP contribution in [-0.4, -0.2) is 16.5 Å². The number of benzene rings is 1. The van der Waals surface area contributed by atoms with E-state index in [0.29, 0.717) is 11.2 Å². The van der Waals surface area contributed by atoms with E-state index in [0.717, 1.165) is 0 Å². The molecule has 0 saturated carbocycles. The molecular weight excluding hydrogens is 226 g/mol. The number of rotatable bonds is 1. The summed E-state index contributed by atoms with van der Waals surface area (Å²) in [6, 6.07) is 10.7. The van der Waals surface area contributed by atoms with Gasteiger partial charge in [-0.3, -0.25) is 0 Å². The lowest BCUT2D eigenvalue weighted by Gasteiger charge is -2.27. The maximum atomic E-state index is 4.23. The molecule has 0 aliphatic carbocycles. The molecule has 2 atom stereocenters. The molecule has 2 heterocycles. The summed E-state index contributed by atoms with van der Waals surface area (Å²) in [5.74, 6) is 0.602. The lowest BCUT2D eigenvalue weighted by atomic mass is 9.80. The second kappa shape index (κ2) is 3.74. The van der Waals surface area contributed by atoms with Crippen LogP contribution < -0.4 is 4.99 Å². The highest BCUT2D eigenvalue weighted by Crippen LogP contribution is 2.46. The van der Waals surface area contributed by atoms with Crippen LogP contribution >= 0.6 is 11.8 Å². The number of thioether (sulfide) groups is 1. The minimum Gasteiger partial charge on any atom is -0.239 e. The molecule has 2 aliphatic rings. The summed E-state index contributed by atoms with van der Waals surface area (Å²) < 4.78 is 0. The van der Waals surface area contributed by atoms with Crippen LogP contribution in [0.2, 0.25) is 0 Å². The molecule has 2 unspecified atom stereocenters. The van der Waals surface area contributed by atoms with Crippen molar-refractivity contribution in [3.63, 3.8) is 0 Å². The third-order valence-corrected chi connectivity index (χ3v) is 5.17. The Kier molecular flexibility index (Phi) is 2.44. The van der Waals surface area contributed by atoms with Crippen molar-refractivity contribution in [1.29, 1.82) is 0 Å². The molecule has 0 radical (unpaired) electrons. The summed E-state index contributed by atoms with van der Waals surface area (Å²) in [5, 5.41) is 0.572. The minimum atomic E-state index is 0.127. The van der Waals surface area contributed by atoms with Crippen molar-refractivity contribution in [2.24, 2.45) is 5.92 Å². The van der Waals surface area contributed by atoms with Crippen LogP contribution in [0.15, 0.2) is 41.8 Å². The van der Waals surface area contributed by atoms with Gasteiger partial charge in [-0.2, -0.15) is 0 Å². The Morgan fingerprint density at radius 1 is 1.29 bits per heavy atom. The maximum absolute atomic E-state index is 4.23. The third kappa shape index (κ3) is 1.75. The van der Waals surface area contributed by atoms with Gasteiger partial charge in [0.25, 0.3) is 0 Å². The molecule has 2 aliphatic heterocycles. The Balaban J connectivity index is 2.07. The van der Waals surface area contributed by atoms with Gasteiger partial charge < -0.3 is 0 Å². The molecule has 88 valence electrons. The van der Waals surface area contributed by atoms with Crippen LogP contribution in [0.3, 0.4) is 0 Å². The first-order chi connectivity index (χ1) is 8.08. The zero-order valence-corrected chi connectivity index (χ0v) is 11.2. The van der Waals surface area contributed by atoms with E-state index in [4.69, 9.17) is 0 Å². The Bertz CT molecular complexity index is 487. The Hall–Kier alpha value is -1.02. The van der Waals surface area contributed by atoms with E-state index in [1.165, 1.54) is 22.6 Å². The Labute approximate surface area is 107 Å². The summed E-state index contributed by atoms with van der Waals surface area (Å²) in [6.45, 7) is 8.80. The van der Waals surface area contributed by atoms with Crippen LogP contribution in [0.1, 0.15) is 25.8 Å². The number of hydrogen-bond acceptors (Lipinski definition) is 1. The molecule has 0 aromatic heterocycles. The first-order valence-corrected chi connectivity index (χ1v) is 7.02. The predicted octanol–water partition coefficient (Wildman–Crippen LogP) is 1.98. The van der Waals surface area contributed by atoms with E-state index < -0.39 is 0 Å². The van der Waals surface area contributed by atoms with E-state index in [9.17, 15) is 0 Å². The Morgan fingerprint density at radius 3 is 2.71 bits per heavy atom. The first kappa shape index (κ1) is 11.1. The second-order valence-corrected chi connectivity index (χ2v) is 6.82. The van der Waals surface area contributed by atoms with Gasteiger partial charge in [0.2, 0.25) is 0 Å². The average Bonchev–Trinajstić information content (AvgIpc) is 2.66. The fraction of sp³-hybridized carbons (Fsp3) is 0.400. The summed E-state index contributed by atoms with van der Waals surface area (Å²) in [7, 11) is 0. The molecule has 1 aromatic rings. The van der Waals surface area contributed by atoms with E-state index >= 15 is 0 Å². The molecule has 2 bridgehead atoms. The SMILES string of the molecule is C=C1SC2CC1C(C)(C)[NH+]=C2c1ccccc1. The molecule has 2 heteroatoms. The van der Waals surface area contributed by atoms with Crippen molar-refractivity contribution in [3.05, 3.63) is 47.4 Å². The van der Waals surface area contributed by atoms with Crippen molar-refractivity contribution in [2.75, 3.05) is 0 Å². The quantitative estimate of drug-likeness (QED) is 0.798. The average molecular weight is 244 g/mol. The predicted molar refractivity (Wildman–Crippen MR) is 74.2 cm³/mol. The minimum absolute atomic E-state index is 0.127. The summed E-state index contributed by atoms with van der Waals surface area (Å²) >= 11 is 1.95. The Morgan fingerprint density at radius 2 is 2.00 bits per heavy atom. The fourth-order valence-corrected chi connectivity index (χ4v) is 4.44. The monoisotopic (exact) mass is 244 g/mol. The fourth-order valence-electron chi connectivity index (χ4n) is 2.92. The highest BCUT2D eigenvalue weighted by atomic mass is 32.2. The van der Waals surface area contributed by atoms with Crippen LogP contribution in [0.4, 0.5) is 0 Å². The third-order valence-electron chi connectivity index (χ3n) is 3.87. The second-order valence-electron chi connectivity index (χ2n) is 5.49. The summed E-state index contributed by atoms with van der Waals surface area (Å²) in [4.78, 5) is 5.08. The topological polar surface area (TPSA) is 14.0 Å². The zero-order valence-electron chi connectivity index (χ0n) is 10.4. The molecular formula is C15H18NS+. The lowest BCUT2D eigenvalue weighted by molar-refractivity contribution is -0.558. The largest absolute Gasteiger partial charge is 0.239 e. The molecule has 0 spiro atoms. The van der Waals surface area contributed by atoms with Gasteiger partial charge in [-0.1, -0.05) is 24.8 Å². The highest BCUT2D eigenvalue weighted by molar-refractivity contribution is 8.04. The van der Waals surface area contributed by atoms with Gasteiger partial charge in [0, 0.05) is 19.4 Å². The zero-order chi connectivity index (χ0) is 12.0. The van der Waals surface area contributed by atoms with Gasteiger partial charge in [0.15, 0.2) is 11.3 Å². The molecule has 0 amide bonds. The normalized spacial score (nSPS) is 30.2. The van der Waals surface area contributed by atoms with Gasteiger partial charge in [0.1, 0.15) is 0 Å². The molecule has 17 heavy (non-hydrogen) atoms. The number of fused-ring (bicyclic) bond motifs is 2. The molecule has 1 fully saturated rings. The van der Waals surface area contributed by atoms with Crippen molar-refractivity contribution in [1.82, 2.24) is 0 Å². The van der Waals surface area contributed by atoms with E-state index in [1.54, 1.807) is 0 Å². The standard InChI is InChI=1S/C15H17NS/c1-10-12-9-13(17-10)14(16-15(12,2)3)11-7-5-4-6-8-11/h4-8,12-13H,1,9H2,2-3H3/p+1. The van der Waals surface area contributed by atoms with Crippen LogP contribution in [0.25, 0.3) is 0 Å². The van der Waals surface area contributed by atoms with E-state index in [2.05, 4.69) is 55.8 Å². The van der Waals surface area contributed by atoms with Crippen molar-refractivity contribution >= 4 is 17.5 Å².